The van der Waals surface area contributed by atoms with Crippen LogP contribution in [0.4, 0.5) is 0 Å². The number of unbranched alkanes of at least 4 members (excludes halogenated alkanes) is 5. The second-order valence-corrected chi connectivity index (χ2v) is 19.2. The van der Waals surface area contributed by atoms with Gasteiger partial charge in [0.15, 0.2) is 6.10 Å². The van der Waals surface area contributed by atoms with Crippen LogP contribution < -0.4 is 4.89 Å². The molecular weight excluding hydrogens is 894 g/mol. The normalized spacial score (nSPS) is 14.7. The van der Waals surface area contributed by atoms with E-state index in [4.69, 9.17) is 18.5 Å². The highest BCUT2D eigenvalue weighted by Gasteiger charge is 2.21. The molecular formula is C60H94NO8P. The first kappa shape index (κ1) is 65.6. The fourth-order valence-corrected chi connectivity index (χ4v) is 6.78. The molecule has 10 heteroatoms. The van der Waals surface area contributed by atoms with Crippen LogP contribution in [-0.2, 0) is 32.7 Å². The van der Waals surface area contributed by atoms with Crippen molar-refractivity contribution in [3.05, 3.63) is 158 Å². The monoisotopic (exact) mass is 988 g/mol. The van der Waals surface area contributed by atoms with Crippen LogP contribution in [0.3, 0.4) is 0 Å². The largest absolute Gasteiger partial charge is 0.756 e. The van der Waals surface area contributed by atoms with E-state index in [1.165, 1.54) is 0 Å². The number of nitrogens with zero attached hydrogens (tertiary/aromatic N) is 1. The number of phosphoric ester groups is 1. The van der Waals surface area contributed by atoms with Gasteiger partial charge >= 0.3 is 11.9 Å². The Hall–Kier alpha value is -4.37. The molecule has 2 atom stereocenters. The molecule has 0 aliphatic carbocycles. The number of esters is 2. The summed E-state index contributed by atoms with van der Waals surface area (Å²) < 4.78 is 33.9. The first-order valence-corrected chi connectivity index (χ1v) is 27.7. The number of allylic oxidation sites excluding steroid dienone is 26. The Balaban J connectivity index is 4.35. The molecule has 0 radical (unpaired) electrons. The molecule has 0 aromatic carbocycles. The Morgan fingerprint density at radius 2 is 0.771 bits per heavy atom. The minimum atomic E-state index is -4.66. The number of hydrogen-bond acceptors (Lipinski definition) is 8. The van der Waals surface area contributed by atoms with Gasteiger partial charge < -0.3 is 27.9 Å². The number of likely N-dealkylation sites (N-methyl/N-ethyl adjacent to an activating group) is 1. The number of hydrogen-bond donors (Lipinski definition) is 0. The van der Waals surface area contributed by atoms with Crippen molar-refractivity contribution in [2.24, 2.45) is 0 Å². The number of phosphoric acid groups is 1. The lowest BCUT2D eigenvalue weighted by Crippen LogP contribution is -2.37. The van der Waals surface area contributed by atoms with Gasteiger partial charge in [0.1, 0.15) is 19.8 Å². The van der Waals surface area contributed by atoms with Crippen LogP contribution in [0.25, 0.3) is 0 Å². The number of carbonyl (C=O) groups excluding carboxylic acids is 2. The van der Waals surface area contributed by atoms with Gasteiger partial charge in [-0.25, -0.2) is 0 Å². The molecule has 0 bridgehead atoms. The summed E-state index contributed by atoms with van der Waals surface area (Å²) in [4.78, 5) is 37.6. The molecule has 70 heavy (non-hydrogen) atoms. The fraction of sp³-hybridized carbons (Fsp3) is 0.533. The van der Waals surface area contributed by atoms with Gasteiger partial charge in [-0.15, -0.1) is 0 Å². The van der Waals surface area contributed by atoms with Crippen molar-refractivity contribution in [3.8, 4) is 0 Å². The van der Waals surface area contributed by atoms with E-state index < -0.39 is 32.5 Å². The van der Waals surface area contributed by atoms with Gasteiger partial charge in [-0.3, -0.25) is 14.2 Å². The van der Waals surface area contributed by atoms with Crippen molar-refractivity contribution in [2.45, 2.75) is 161 Å². The summed E-state index contributed by atoms with van der Waals surface area (Å²) >= 11 is 0. The van der Waals surface area contributed by atoms with E-state index in [0.29, 0.717) is 23.9 Å². The summed E-state index contributed by atoms with van der Waals surface area (Å²) in [5.74, 6) is -0.938. The van der Waals surface area contributed by atoms with Crippen molar-refractivity contribution < 1.29 is 42.1 Å². The van der Waals surface area contributed by atoms with E-state index in [1.54, 1.807) is 0 Å². The van der Waals surface area contributed by atoms with Crippen LogP contribution in [0.1, 0.15) is 155 Å². The Morgan fingerprint density at radius 3 is 1.14 bits per heavy atom. The number of rotatable bonds is 45. The number of ether oxygens (including phenoxy) is 2. The minimum Gasteiger partial charge on any atom is -0.756 e. The molecule has 2 unspecified atom stereocenters. The van der Waals surface area contributed by atoms with Gasteiger partial charge in [-0.1, -0.05) is 178 Å². The molecule has 0 aliphatic rings. The minimum absolute atomic E-state index is 0.0542. The van der Waals surface area contributed by atoms with Crippen LogP contribution >= 0.6 is 7.82 Å². The summed E-state index contributed by atoms with van der Waals surface area (Å²) in [5.41, 5.74) is 0. The van der Waals surface area contributed by atoms with E-state index in [2.05, 4.69) is 172 Å². The Labute approximate surface area is 426 Å². The molecule has 0 saturated carbocycles. The van der Waals surface area contributed by atoms with Crippen LogP contribution in [-0.4, -0.2) is 70.0 Å². The number of quaternary nitrogens is 1. The maximum absolute atomic E-state index is 12.7. The lowest BCUT2D eigenvalue weighted by Gasteiger charge is -2.28. The molecule has 0 N–H and O–H groups in total. The summed E-state index contributed by atoms with van der Waals surface area (Å²) in [7, 11) is 1.09. The van der Waals surface area contributed by atoms with Crippen LogP contribution in [0, 0.1) is 0 Å². The molecule has 0 rings (SSSR count). The molecule has 0 amide bonds. The smallest absolute Gasteiger partial charge is 0.306 e. The van der Waals surface area contributed by atoms with Crippen molar-refractivity contribution in [1.29, 1.82) is 0 Å². The molecule has 0 aromatic rings. The van der Waals surface area contributed by atoms with Gasteiger partial charge in [-0.2, -0.15) is 0 Å². The molecule has 0 saturated heterocycles. The van der Waals surface area contributed by atoms with E-state index in [1.807, 2.05) is 21.1 Å². The zero-order valence-corrected chi connectivity index (χ0v) is 45.0. The summed E-state index contributed by atoms with van der Waals surface area (Å²) in [6, 6.07) is 0. The molecule has 392 valence electrons. The highest BCUT2D eigenvalue weighted by molar-refractivity contribution is 7.45. The molecule has 0 aliphatic heterocycles. The van der Waals surface area contributed by atoms with Crippen molar-refractivity contribution in [1.82, 2.24) is 0 Å². The predicted molar refractivity (Wildman–Crippen MR) is 295 cm³/mol. The average Bonchev–Trinajstić information content (AvgIpc) is 3.32. The third-order valence-electron chi connectivity index (χ3n) is 10.0. The standard InChI is InChI=1S/C60H94NO8P/c1-6-8-10-12-14-16-18-20-21-22-23-24-25-26-27-28-29-30-31-32-33-34-35-36-37-38-39-41-43-45-47-49-51-53-60(63)69-58(57-68-70(64,65)67-55-54-61(3,4)5)56-66-59(62)52-50-48-46-44-42-40-19-17-15-13-11-9-7-2/h8-11,14-17,20-21,23-24,26-27,29-30,32-33,35-36,38-40,42-43,45,58H,6-7,12-13,18-19,22,25,28,31,34,37,41,44,46-57H2,1-5H3/b10-8-,11-9-,16-14-,17-15-,21-20-,24-23-,27-26-,30-29-,33-32-,36-35-,39-38-,42-40-,45-43-. The van der Waals surface area contributed by atoms with E-state index >= 15 is 0 Å². The fourth-order valence-electron chi connectivity index (χ4n) is 6.05. The van der Waals surface area contributed by atoms with Gasteiger partial charge in [0.05, 0.1) is 27.7 Å². The van der Waals surface area contributed by atoms with Gasteiger partial charge in [0, 0.05) is 12.8 Å². The van der Waals surface area contributed by atoms with Crippen molar-refractivity contribution in [2.75, 3.05) is 47.5 Å². The third-order valence-corrected chi connectivity index (χ3v) is 11.0. The summed E-state index contributed by atoms with van der Waals surface area (Å²) in [6.07, 6.45) is 74.4. The highest BCUT2D eigenvalue weighted by Crippen LogP contribution is 2.38. The molecule has 0 aromatic heterocycles. The first-order valence-electron chi connectivity index (χ1n) is 26.2. The van der Waals surface area contributed by atoms with Crippen molar-refractivity contribution >= 4 is 19.8 Å². The van der Waals surface area contributed by atoms with E-state index in [-0.39, 0.29) is 26.1 Å². The van der Waals surface area contributed by atoms with E-state index in [0.717, 1.165) is 116 Å². The zero-order valence-electron chi connectivity index (χ0n) is 44.1. The van der Waals surface area contributed by atoms with Gasteiger partial charge in [-0.05, 0) is 122 Å². The first-order chi connectivity index (χ1) is 34.0. The highest BCUT2D eigenvalue weighted by atomic mass is 31.2. The molecule has 0 heterocycles. The second-order valence-electron chi connectivity index (χ2n) is 17.8. The Kier molecular flexibility index (Phi) is 46.5. The van der Waals surface area contributed by atoms with Gasteiger partial charge in [0.25, 0.3) is 7.82 Å². The Bertz CT molecular complexity index is 1730. The lowest BCUT2D eigenvalue weighted by molar-refractivity contribution is -0.870. The average molecular weight is 988 g/mol. The van der Waals surface area contributed by atoms with Gasteiger partial charge in [0.2, 0.25) is 0 Å². The van der Waals surface area contributed by atoms with Crippen LogP contribution in [0.5, 0.6) is 0 Å². The van der Waals surface area contributed by atoms with Crippen LogP contribution in [0.15, 0.2) is 158 Å². The summed E-state index contributed by atoms with van der Waals surface area (Å²) in [6.45, 7) is 3.87. The topological polar surface area (TPSA) is 111 Å². The molecule has 9 nitrogen and oxygen atoms in total. The maximum Gasteiger partial charge on any atom is 0.306 e. The molecule has 0 spiro atoms. The SMILES string of the molecule is CC/C=C\C/C=C\C/C=C\C/C=C\C/C=C\C/C=C\C/C=C\C/C=C\C/C=C\C/C=C\CCCCC(=O)OC(COC(=O)CCCCC/C=C\C/C=C\C/C=C\CC)COP(=O)([O-])OCC[N+](C)(C)C. The lowest BCUT2D eigenvalue weighted by atomic mass is 10.1. The van der Waals surface area contributed by atoms with Crippen molar-refractivity contribution in [3.63, 3.8) is 0 Å². The quantitative estimate of drug-likeness (QED) is 0.0195. The summed E-state index contributed by atoms with van der Waals surface area (Å²) in [5, 5.41) is 0. The van der Waals surface area contributed by atoms with E-state index in [9.17, 15) is 19.0 Å². The predicted octanol–water partition coefficient (Wildman–Crippen LogP) is 15.5. The Morgan fingerprint density at radius 1 is 0.443 bits per heavy atom. The van der Waals surface area contributed by atoms with Crippen LogP contribution in [0.2, 0.25) is 0 Å². The molecule has 0 fully saturated rings. The second kappa shape index (κ2) is 49.6. The zero-order chi connectivity index (χ0) is 51.3. The third kappa shape index (κ3) is 53.0. The maximum atomic E-state index is 12.7. The number of carbonyl (C=O) groups is 2.